The lowest BCUT2D eigenvalue weighted by molar-refractivity contribution is -0.107. The number of rotatable bonds is 10. The van der Waals surface area contributed by atoms with Gasteiger partial charge in [-0.3, -0.25) is 9.78 Å². The van der Waals surface area contributed by atoms with Crippen molar-refractivity contribution in [3.63, 3.8) is 0 Å². The molecule has 1 saturated heterocycles. The van der Waals surface area contributed by atoms with Crippen molar-refractivity contribution in [2.75, 3.05) is 34.8 Å². The Morgan fingerprint density at radius 1 is 1.24 bits per heavy atom. The van der Waals surface area contributed by atoms with Crippen LogP contribution in [0.4, 0.5) is 26.1 Å². The third-order valence-corrected chi connectivity index (χ3v) is 5.86. The van der Waals surface area contributed by atoms with E-state index in [0.717, 1.165) is 17.5 Å². The van der Waals surface area contributed by atoms with Crippen LogP contribution in [0.15, 0.2) is 54.7 Å². The zero-order valence-corrected chi connectivity index (χ0v) is 18.8. The minimum absolute atomic E-state index is 0.262. The number of pyridine rings is 2. The molecule has 178 valence electrons. The van der Waals surface area contributed by atoms with Gasteiger partial charge < -0.3 is 20.9 Å². The average Bonchev–Trinajstić information content (AvgIpc) is 3.29. The van der Waals surface area contributed by atoms with E-state index in [1.165, 1.54) is 12.1 Å². The SMILES string of the molecule is NCc1ncccc1CN(C=O)c1ccc(N2CC[C@@H](F)C2)nc1NCCc1cccc(F)c1. The number of amides is 1. The molecule has 0 spiro atoms. The van der Waals surface area contributed by atoms with Gasteiger partial charge in [0.15, 0.2) is 5.82 Å². The topological polar surface area (TPSA) is 87.4 Å². The molecule has 1 fully saturated rings. The molecule has 0 aliphatic carbocycles. The highest BCUT2D eigenvalue weighted by molar-refractivity contribution is 5.82. The molecule has 1 amide bonds. The third-order valence-electron chi connectivity index (χ3n) is 5.86. The lowest BCUT2D eigenvalue weighted by atomic mass is 10.1. The smallest absolute Gasteiger partial charge is 0.214 e. The maximum atomic E-state index is 13.8. The van der Waals surface area contributed by atoms with Gasteiger partial charge in [-0.2, -0.15) is 0 Å². The summed E-state index contributed by atoms with van der Waals surface area (Å²) in [5.74, 6) is 0.862. The second-order valence-corrected chi connectivity index (χ2v) is 8.22. The van der Waals surface area contributed by atoms with Gasteiger partial charge in [0, 0.05) is 25.8 Å². The molecule has 0 unspecified atom stereocenters. The number of benzene rings is 1. The van der Waals surface area contributed by atoms with Crippen LogP contribution in [-0.2, 0) is 24.3 Å². The summed E-state index contributed by atoms with van der Waals surface area (Å²) in [4.78, 5) is 24.5. The maximum absolute atomic E-state index is 13.8. The summed E-state index contributed by atoms with van der Waals surface area (Å²) in [5, 5.41) is 3.29. The Balaban J connectivity index is 1.59. The summed E-state index contributed by atoms with van der Waals surface area (Å²) >= 11 is 0. The van der Waals surface area contributed by atoms with Crippen molar-refractivity contribution in [3.8, 4) is 0 Å². The van der Waals surface area contributed by atoms with E-state index in [-0.39, 0.29) is 18.9 Å². The van der Waals surface area contributed by atoms with Gasteiger partial charge in [-0.1, -0.05) is 18.2 Å². The highest BCUT2D eigenvalue weighted by Gasteiger charge is 2.24. The van der Waals surface area contributed by atoms with E-state index in [1.807, 2.05) is 23.1 Å². The van der Waals surface area contributed by atoms with Gasteiger partial charge >= 0.3 is 0 Å². The fraction of sp³-hybridized carbons (Fsp3) is 0.320. The van der Waals surface area contributed by atoms with Crippen molar-refractivity contribution in [2.24, 2.45) is 5.73 Å². The molecule has 1 aromatic carbocycles. The molecule has 7 nitrogen and oxygen atoms in total. The van der Waals surface area contributed by atoms with Crippen LogP contribution < -0.4 is 20.9 Å². The Bertz CT molecular complexity index is 1130. The first-order valence-electron chi connectivity index (χ1n) is 11.3. The summed E-state index contributed by atoms with van der Waals surface area (Å²) < 4.78 is 27.3. The Hall–Kier alpha value is -3.59. The van der Waals surface area contributed by atoms with Crippen LogP contribution in [0.3, 0.4) is 0 Å². The van der Waals surface area contributed by atoms with Crippen LogP contribution in [0.1, 0.15) is 23.2 Å². The molecule has 1 aliphatic heterocycles. The molecular weight excluding hydrogens is 438 g/mol. The van der Waals surface area contributed by atoms with Crippen LogP contribution >= 0.6 is 0 Å². The number of aromatic nitrogens is 2. The monoisotopic (exact) mass is 466 g/mol. The van der Waals surface area contributed by atoms with Gasteiger partial charge in [0.1, 0.15) is 17.8 Å². The second-order valence-electron chi connectivity index (χ2n) is 8.22. The maximum Gasteiger partial charge on any atom is 0.214 e. The molecule has 0 saturated carbocycles. The number of nitrogens with one attached hydrogen (secondary N) is 1. The number of hydrogen-bond donors (Lipinski definition) is 2. The van der Waals surface area contributed by atoms with Gasteiger partial charge in [0.05, 0.1) is 24.5 Å². The molecule has 4 rings (SSSR count). The number of alkyl halides is 1. The molecule has 0 radical (unpaired) electrons. The summed E-state index contributed by atoms with van der Waals surface area (Å²) in [6, 6.07) is 13.7. The zero-order chi connectivity index (χ0) is 23.9. The van der Waals surface area contributed by atoms with Gasteiger partial charge in [0.25, 0.3) is 0 Å². The van der Waals surface area contributed by atoms with Crippen molar-refractivity contribution >= 4 is 23.7 Å². The van der Waals surface area contributed by atoms with Crippen molar-refractivity contribution in [2.45, 2.75) is 32.1 Å². The highest BCUT2D eigenvalue weighted by Crippen LogP contribution is 2.30. The van der Waals surface area contributed by atoms with Crippen molar-refractivity contribution in [3.05, 3.63) is 77.4 Å². The first kappa shape index (κ1) is 23.6. The molecule has 1 atom stereocenters. The number of carbonyl (C=O) groups excluding carboxylic acids is 1. The van der Waals surface area contributed by atoms with Crippen LogP contribution in [0.5, 0.6) is 0 Å². The average molecular weight is 467 g/mol. The van der Waals surface area contributed by atoms with E-state index in [0.29, 0.717) is 55.5 Å². The number of nitrogens with zero attached hydrogens (tertiary/aromatic N) is 4. The lowest BCUT2D eigenvalue weighted by Crippen LogP contribution is -2.25. The van der Waals surface area contributed by atoms with Crippen LogP contribution in [0, 0.1) is 5.82 Å². The van der Waals surface area contributed by atoms with Crippen LogP contribution in [-0.4, -0.2) is 42.2 Å². The standard InChI is InChI=1S/C25H28F2N6O/c26-20-5-1-3-18(13-20)8-11-30-25-23(6-7-24(31-25)32-12-9-21(27)16-32)33(17-34)15-19-4-2-10-29-22(19)14-28/h1-7,10,13,17,21H,8-9,11-12,14-16,28H2,(H,30,31)/t21-/m1/s1. The van der Waals surface area contributed by atoms with Gasteiger partial charge in [-0.25, -0.2) is 13.8 Å². The number of anilines is 3. The first-order chi connectivity index (χ1) is 16.6. The molecule has 3 heterocycles. The summed E-state index contributed by atoms with van der Waals surface area (Å²) in [6.45, 7) is 1.90. The fourth-order valence-electron chi connectivity index (χ4n) is 4.08. The molecule has 3 aromatic rings. The highest BCUT2D eigenvalue weighted by atomic mass is 19.1. The number of hydrogen-bond acceptors (Lipinski definition) is 6. The minimum atomic E-state index is -0.877. The number of halogens is 2. The fourth-order valence-corrected chi connectivity index (χ4v) is 4.08. The molecule has 34 heavy (non-hydrogen) atoms. The van der Waals surface area contributed by atoms with E-state index < -0.39 is 6.17 Å². The molecule has 2 aromatic heterocycles. The lowest BCUT2D eigenvalue weighted by Gasteiger charge is -2.24. The molecule has 3 N–H and O–H groups in total. The normalized spacial score (nSPS) is 15.4. The van der Waals surface area contributed by atoms with E-state index in [1.54, 1.807) is 29.3 Å². The molecular formula is C25H28F2N6O. The molecule has 0 bridgehead atoms. The Kier molecular flexibility index (Phi) is 7.64. The summed E-state index contributed by atoms with van der Waals surface area (Å²) in [7, 11) is 0. The van der Waals surface area contributed by atoms with Crippen molar-refractivity contribution in [1.29, 1.82) is 0 Å². The Labute approximate surface area is 197 Å². The van der Waals surface area contributed by atoms with E-state index in [2.05, 4.69) is 10.3 Å². The van der Waals surface area contributed by atoms with Gasteiger partial charge in [-0.05, 0) is 54.3 Å². The summed E-state index contributed by atoms with van der Waals surface area (Å²) in [6.07, 6.45) is 2.57. The predicted molar refractivity (Wildman–Crippen MR) is 129 cm³/mol. The quantitative estimate of drug-likeness (QED) is 0.445. The zero-order valence-electron chi connectivity index (χ0n) is 18.8. The number of carbonyl (C=O) groups is 1. The van der Waals surface area contributed by atoms with Crippen molar-refractivity contribution in [1.82, 2.24) is 9.97 Å². The molecule has 1 aliphatic rings. The van der Waals surface area contributed by atoms with Crippen LogP contribution in [0.25, 0.3) is 0 Å². The number of nitrogens with two attached hydrogens (primary N) is 1. The van der Waals surface area contributed by atoms with Gasteiger partial charge in [-0.15, -0.1) is 0 Å². The summed E-state index contributed by atoms with van der Waals surface area (Å²) in [5.41, 5.74) is 8.80. The first-order valence-corrected chi connectivity index (χ1v) is 11.3. The Morgan fingerprint density at radius 3 is 2.85 bits per heavy atom. The Morgan fingerprint density at radius 2 is 2.12 bits per heavy atom. The molecule has 9 heteroatoms. The second kappa shape index (κ2) is 11.0. The van der Waals surface area contributed by atoms with E-state index in [9.17, 15) is 13.6 Å². The largest absolute Gasteiger partial charge is 0.368 e. The third kappa shape index (κ3) is 5.66. The van der Waals surface area contributed by atoms with Gasteiger partial charge in [0.2, 0.25) is 6.41 Å². The minimum Gasteiger partial charge on any atom is -0.368 e. The van der Waals surface area contributed by atoms with Crippen molar-refractivity contribution < 1.29 is 13.6 Å². The predicted octanol–water partition coefficient (Wildman–Crippen LogP) is 3.44. The van der Waals surface area contributed by atoms with E-state index in [4.69, 9.17) is 10.7 Å². The van der Waals surface area contributed by atoms with E-state index >= 15 is 0 Å². The van der Waals surface area contributed by atoms with Crippen LogP contribution in [0.2, 0.25) is 0 Å².